The molecule has 0 saturated heterocycles. The summed E-state index contributed by atoms with van der Waals surface area (Å²) in [6, 6.07) is 8.83. The zero-order valence-corrected chi connectivity index (χ0v) is 13.6. The van der Waals surface area contributed by atoms with Crippen LogP contribution in [-0.4, -0.2) is 23.9 Å². The van der Waals surface area contributed by atoms with Gasteiger partial charge in [-0.3, -0.25) is 4.79 Å². The molecule has 2 rings (SSSR count). The summed E-state index contributed by atoms with van der Waals surface area (Å²) in [5, 5.41) is 3.69. The molecular formula is C18H28N2O. The van der Waals surface area contributed by atoms with E-state index in [1.165, 1.54) is 43.4 Å². The maximum Gasteiger partial charge on any atom is 0.219 e. The van der Waals surface area contributed by atoms with E-state index in [0.29, 0.717) is 12.6 Å². The minimum Gasteiger partial charge on any atom is -0.382 e. The Morgan fingerprint density at radius 3 is 2.62 bits per heavy atom. The molecular weight excluding hydrogens is 260 g/mol. The van der Waals surface area contributed by atoms with Gasteiger partial charge in [0.05, 0.1) is 0 Å². The maximum atomic E-state index is 11.4. The minimum absolute atomic E-state index is 0.102. The van der Waals surface area contributed by atoms with Gasteiger partial charge >= 0.3 is 0 Å². The van der Waals surface area contributed by atoms with Crippen LogP contribution in [-0.2, 0) is 11.3 Å². The number of benzene rings is 1. The number of nitrogens with zero attached hydrogens (tertiary/aromatic N) is 1. The van der Waals surface area contributed by atoms with Gasteiger partial charge in [-0.15, -0.1) is 0 Å². The molecule has 0 heterocycles. The molecule has 1 saturated carbocycles. The number of carbonyl (C=O) groups excluding carboxylic acids is 1. The third kappa shape index (κ3) is 4.48. The van der Waals surface area contributed by atoms with Gasteiger partial charge in [-0.05, 0) is 37.3 Å². The van der Waals surface area contributed by atoms with Crippen molar-refractivity contribution in [1.82, 2.24) is 4.90 Å². The predicted octanol–water partition coefficient (Wildman–Crippen LogP) is 4.05. The van der Waals surface area contributed by atoms with Crippen molar-refractivity contribution in [3.63, 3.8) is 0 Å². The molecule has 0 aliphatic heterocycles. The van der Waals surface area contributed by atoms with Crippen LogP contribution in [0.5, 0.6) is 0 Å². The standard InChI is InChI=1S/C18H28N2O/c1-14(16-9-5-4-6-10-16)19-18-12-8-7-11-17(18)13-20(3)15(2)21/h7-8,11-12,14,16,19H,4-6,9-10,13H2,1-3H3. The summed E-state index contributed by atoms with van der Waals surface area (Å²) in [5.41, 5.74) is 2.36. The number of carbonyl (C=O) groups is 1. The molecule has 1 aromatic rings. The first-order valence-corrected chi connectivity index (χ1v) is 8.14. The maximum absolute atomic E-state index is 11.4. The minimum atomic E-state index is 0.102. The molecule has 3 heteroatoms. The molecule has 0 radical (unpaired) electrons. The lowest BCUT2D eigenvalue weighted by atomic mass is 9.84. The average molecular weight is 288 g/mol. The van der Waals surface area contributed by atoms with Crippen LogP contribution < -0.4 is 5.32 Å². The third-order valence-corrected chi connectivity index (χ3v) is 4.70. The predicted molar refractivity (Wildman–Crippen MR) is 88.2 cm³/mol. The van der Waals surface area contributed by atoms with Crippen LogP contribution in [0.15, 0.2) is 24.3 Å². The average Bonchev–Trinajstić information content (AvgIpc) is 2.50. The number of hydrogen-bond acceptors (Lipinski definition) is 2. The normalized spacial score (nSPS) is 17.3. The number of hydrogen-bond donors (Lipinski definition) is 1. The van der Waals surface area contributed by atoms with E-state index in [-0.39, 0.29) is 5.91 Å². The van der Waals surface area contributed by atoms with Crippen molar-refractivity contribution in [1.29, 1.82) is 0 Å². The smallest absolute Gasteiger partial charge is 0.219 e. The molecule has 1 unspecified atom stereocenters. The Balaban J connectivity index is 2.03. The summed E-state index contributed by atoms with van der Waals surface area (Å²) in [4.78, 5) is 13.2. The van der Waals surface area contributed by atoms with Crippen LogP contribution in [0.2, 0.25) is 0 Å². The summed E-state index contributed by atoms with van der Waals surface area (Å²) in [5.74, 6) is 0.877. The van der Waals surface area contributed by atoms with Crippen LogP contribution in [0.25, 0.3) is 0 Å². The Labute approximate surface area is 128 Å². The molecule has 1 aliphatic rings. The fourth-order valence-corrected chi connectivity index (χ4v) is 3.16. The van der Waals surface area contributed by atoms with Gasteiger partial charge in [0.15, 0.2) is 0 Å². The van der Waals surface area contributed by atoms with E-state index >= 15 is 0 Å². The van der Waals surface area contributed by atoms with E-state index in [4.69, 9.17) is 0 Å². The second kappa shape index (κ2) is 7.48. The highest BCUT2D eigenvalue weighted by Gasteiger charge is 2.20. The van der Waals surface area contributed by atoms with Gasteiger partial charge in [-0.1, -0.05) is 37.5 Å². The fraction of sp³-hybridized carbons (Fsp3) is 0.611. The monoisotopic (exact) mass is 288 g/mol. The Bertz CT molecular complexity index is 466. The highest BCUT2D eigenvalue weighted by molar-refractivity contribution is 5.73. The zero-order chi connectivity index (χ0) is 15.2. The van der Waals surface area contributed by atoms with Crippen LogP contribution in [0.3, 0.4) is 0 Å². The number of anilines is 1. The molecule has 1 fully saturated rings. The lowest BCUT2D eigenvalue weighted by Gasteiger charge is -2.30. The van der Waals surface area contributed by atoms with Gasteiger partial charge < -0.3 is 10.2 Å². The lowest BCUT2D eigenvalue weighted by molar-refractivity contribution is -0.128. The van der Waals surface area contributed by atoms with Crippen molar-refractivity contribution in [3.8, 4) is 0 Å². The molecule has 1 aromatic carbocycles. The highest BCUT2D eigenvalue weighted by atomic mass is 16.2. The molecule has 0 bridgehead atoms. The second-order valence-corrected chi connectivity index (χ2v) is 6.36. The Morgan fingerprint density at radius 2 is 1.95 bits per heavy atom. The van der Waals surface area contributed by atoms with E-state index in [0.717, 1.165) is 5.92 Å². The first-order chi connectivity index (χ1) is 10.1. The van der Waals surface area contributed by atoms with Crippen molar-refractivity contribution < 1.29 is 4.79 Å². The number of nitrogens with one attached hydrogen (secondary N) is 1. The van der Waals surface area contributed by atoms with Gasteiger partial charge in [-0.25, -0.2) is 0 Å². The molecule has 1 aliphatic carbocycles. The molecule has 1 atom stereocenters. The van der Waals surface area contributed by atoms with E-state index in [2.05, 4.69) is 30.4 Å². The molecule has 1 amide bonds. The SMILES string of the molecule is CC(=O)N(C)Cc1ccccc1NC(C)C1CCCCC1. The molecule has 1 N–H and O–H groups in total. The number of rotatable bonds is 5. The van der Waals surface area contributed by atoms with E-state index in [1.807, 2.05) is 13.1 Å². The summed E-state index contributed by atoms with van der Waals surface area (Å²) < 4.78 is 0. The van der Waals surface area contributed by atoms with Crippen LogP contribution in [0.1, 0.15) is 51.5 Å². The van der Waals surface area contributed by atoms with E-state index in [9.17, 15) is 4.79 Å². The topological polar surface area (TPSA) is 32.3 Å². The van der Waals surface area contributed by atoms with Gasteiger partial charge in [0, 0.05) is 32.2 Å². The molecule has 21 heavy (non-hydrogen) atoms. The quantitative estimate of drug-likeness (QED) is 0.886. The summed E-state index contributed by atoms with van der Waals surface area (Å²) >= 11 is 0. The van der Waals surface area contributed by atoms with Gasteiger partial charge in [-0.2, -0.15) is 0 Å². The first-order valence-electron chi connectivity index (χ1n) is 8.14. The molecule has 3 nitrogen and oxygen atoms in total. The van der Waals surface area contributed by atoms with Crippen molar-refractivity contribution in [3.05, 3.63) is 29.8 Å². The fourth-order valence-electron chi connectivity index (χ4n) is 3.16. The summed E-state index contributed by atoms with van der Waals surface area (Å²) in [6.45, 7) is 4.57. The van der Waals surface area contributed by atoms with Crippen LogP contribution >= 0.6 is 0 Å². The first kappa shape index (κ1) is 15.9. The zero-order valence-electron chi connectivity index (χ0n) is 13.6. The van der Waals surface area contributed by atoms with Gasteiger partial charge in [0.2, 0.25) is 5.91 Å². The number of para-hydroxylation sites is 1. The second-order valence-electron chi connectivity index (χ2n) is 6.36. The summed E-state index contributed by atoms with van der Waals surface area (Å²) in [7, 11) is 1.85. The van der Waals surface area contributed by atoms with Crippen molar-refractivity contribution in [2.24, 2.45) is 5.92 Å². The molecule has 116 valence electrons. The third-order valence-electron chi connectivity index (χ3n) is 4.70. The highest BCUT2D eigenvalue weighted by Crippen LogP contribution is 2.29. The molecule has 0 spiro atoms. The molecule has 0 aromatic heterocycles. The van der Waals surface area contributed by atoms with Crippen LogP contribution in [0, 0.1) is 5.92 Å². The van der Waals surface area contributed by atoms with Crippen molar-refractivity contribution in [2.45, 2.75) is 58.5 Å². The Morgan fingerprint density at radius 1 is 1.29 bits per heavy atom. The Kier molecular flexibility index (Phi) is 5.66. The lowest BCUT2D eigenvalue weighted by Crippen LogP contribution is -2.29. The van der Waals surface area contributed by atoms with E-state index < -0.39 is 0 Å². The number of amides is 1. The summed E-state index contributed by atoms with van der Waals surface area (Å²) in [6.07, 6.45) is 6.80. The van der Waals surface area contributed by atoms with Gasteiger partial charge in [0.25, 0.3) is 0 Å². The van der Waals surface area contributed by atoms with Crippen molar-refractivity contribution >= 4 is 11.6 Å². The van der Waals surface area contributed by atoms with E-state index in [1.54, 1.807) is 11.8 Å². The largest absolute Gasteiger partial charge is 0.382 e. The van der Waals surface area contributed by atoms with Crippen LogP contribution in [0.4, 0.5) is 5.69 Å². The van der Waals surface area contributed by atoms with Crippen molar-refractivity contribution in [2.75, 3.05) is 12.4 Å². The van der Waals surface area contributed by atoms with Gasteiger partial charge in [0.1, 0.15) is 0 Å². The Hall–Kier alpha value is -1.51.